The third-order valence-corrected chi connectivity index (χ3v) is 2.39. The summed E-state index contributed by atoms with van der Waals surface area (Å²) in [5, 5.41) is 2.83. The van der Waals surface area contributed by atoms with Gasteiger partial charge in [-0.15, -0.1) is 11.6 Å². The molecule has 0 aromatic heterocycles. The minimum atomic E-state index is -0.0336. The van der Waals surface area contributed by atoms with Crippen molar-refractivity contribution in [1.29, 1.82) is 0 Å². The zero-order valence-corrected chi connectivity index (χ0v) is 9.19. The van der Waals surface area contributed by atoms with Crippen LogP contribution in [0.25, 0.3) is 0 Å². The Morgan fingerprint density at radius 1 is 1.43 bits per heavy atom. The number of aryl methyl sites for hydroxylation is 1. The van der Waals surface area contributed by atoms with Gasteiger partial charge in [0.2, 0.25) is 5.91 Å². The summed E-state index contributed by atoms with van der Waals surface area (Å²) in [6, 6.07) is 5.85. The number of carbonyl (C=O) groups excluding carboxylic acids is 1. The zero-order valence-electron chi connectivity index (χ0n) is 8.43. The van der Waals surface area contributed by atoms with E-state index in [1.807, 2.05) is 32.0 Å². The highest BCUT2D eigenvalue weighted by Gasteiger charge is 2.04. The maximum Gasteiger partial charge on any atom is 0.225 e. The molecule has 76 valence electrons. The van der Waals surface area contributed by atoms with E-state index in [1.54, 1.807) is 0 Å². The molecule has 0 saturated heterocycles. The molecule has 2 nitrogen and oxygen atoms in total. The second kappa shape index (κ2) is 5.01. The topological polar surface area (TPSA) is 29.1 Å². The molecule has 0 bridgehead atoms. The molecule has 3 heteroatoms. The van der Waals surface area contributed by atoms with Crippen molar-refractivity contribution >= 4 is 23.2 Å². The Labute approximate surface area is 89.3 Å². The molecule has 0 atom stereocenters. The van der Waals surface area contributed by atoms with Gasteiger partial charge in [0.15, 0.2) is 0 Å². The van der Waals surface area contributed by atoms with Crippen LogP contribution in [0.4, 0.5) is 5.69 Å². The average molecular weight is 212 g/mol. The van der Waals surface area contributed by atoms with Gasteiger partial charge in [0.05, 0.1) is 0 Å². The first-order valence-corrected chi connectivity index (χ1v) is 5.10. The van der Waals surface area contributed by atoms with Gasteiger partial charge in [-0.2, -0.15) is 0 Å². The minimum absolute atomic E-state index is 0.0336. The van der Waals surface area contributed by atoms with Crippen molar-refractivity contribution in [2.24, 2.45) is 0 Å². The summed E-state index contributed by atoms with van der Waals surface area (Å²) >= 11 is 5.47. The van der Waals surface area contributed by atoms with Gasteiger partial charge in [0.25, 0.3) is 0 Å². The minimum Gasteiger partial charge on any atom is -0.326 e. The fourth-order valence-corrected chi connectivity index (χ4v) is 1.36. The van der Waals surface area contributed by atoms with Crippen LogP contribution in [0, 0.1) is 13.8 Å². The van der Waals surface area contributed by atoms with Crippen LogP contribution >= 0.6 is 11.6 Å². The third kappa shape index (κ3) is 2.74. The highest BCUT2D eigenvalue weighted by atomic mass is 35.5. The Bertz CT molecular complexity index is 336. The molecular weight excluding hydrogens is 198 g/mol. The van der Waals surface area contributed by atoms with Crippen LogP contribution in [0.3, 0.4) is 0 Å². The first-order chi connectivity index (χ1) is 6.65. The Morgan fingerprint density at radius 3 is 2.79 bits per heavy atom. The molecule has 1 aromatic rings. The molecule has 0 aliphatic rings. The summed E-state index contributed by atoms with van der Waals surface area (Å²) in [4.78, 5) is 11.3. The molecule has 0 aliphatic heterocycles. The number of halogens is 1. The Hall–Kier alpha value is -1.02. The van der Waals surface area contributed by atoms with Crippen molar-refractivity contribution in [3.63, 3.8) is 0 Å². The molecule has 0 aliphatic carbocycles. The summed E-state index contributed by atoms with van der Waals surface area (Å²) in [5.74, 6) is 0.324. The lowest BCUT2D eigenvalue weighted by molar-refractivity contribution is -0.115. The van der Waals surface area contributed by atoms with Crippen LogP contribution in [0.2, 0.25) is 0 Å². The number of benzene rings is 1. The molecule has 1 amide bonds. The van der Waals surface area contributed by atoms with E-state index in [0.717, 1.165) is 11.3 Å². The molecule has 1 rings (SSSR count). The van der Waals surface area contributed by atoms with E-state index in [0.29, 0.717) is 12.3 Å². The lowest BCUT2D eigenvalue weighted by atomic mass is 10.1. The summed E-state index contributed by atoms with van der Waals surface area (Å²) in [5.41, 5.74) is 3.16. The van der Waals surface area contributed by atoms with Gasteiger partial charge < -0.3 is 5.32 Å². The zero-order chi connectivity index (χ0) is 10.6. The SMILES string of the molecule is Cc1cccc(NC(=O)CCCl)c1C. The number of hydrogen-bond donors (Lipinski definition) is 1. The van der Waals surface area contributed by atoms with Gasteiger partial charge in [0, 0.05) is 18.0 Å². The molecule has 1 N–H and O–H groups in total. The van der Waals surface area contributed by atoms with E-state index in [9.17, 15) is 4.79 Å². The van der Waals surface area contributed by atoms with Gasteiger partial charge in [-0.05, 0) is 31.0 Å². The van der Waals surface area contributed by atoms with Crippen molar-refractivity contribution in [3.8, 4) is 0 Å². The average Bonchev–Trinajstić information content (AvgIpc) is 2.13. The van der Waals surface area contributed by atoms with E-state index < -0.39 is 0 Å². The number of carbonyl (C=O) groups is 1. The molecule has 1 aromatic carbocycles. The summed E-state index contributed by atoms with van der Waals surface area (Å²) < 4.78 is 0. The van der Waals surface area contributed by atoms with Crippen LogP contribution in [0.1, 0.15) is 17.5 Å². The molecule has 14 heavy (non-hydrogen) atoms. The quantitative estimate of drug-likeness (QED) is 0.766. The summed E-state index contributed by atoms with van der Waals surface area (Å²) in [6.45, 7) is 4.01. The first kappa shape index (κ1) is 11.1. The predicted octanol–water partition coefficient (Wildman–Crippen LogP) is 2.87. The number of amides is 1. The Morgan fingerprint density at radius 2 is 2.14 bits per heavy atom. The van der Waals surface area contributed by atoms with E-state index in [4.69, 9.17) is 11.6 Å². The molecular formula is C11H14ClNO. The molecule has 0 fully saturated rings. The van der Waals surface area contributed by atoms with Crippen LogP contribution in [-0.4, -0.2) is 11.8 Å². The van der Waals surface area contributed by atoms with Gasteiger partial charge in [-0.25, -0.2) is 0 Å². The highest BCUT2D eigenvalue weighted by Crippen LogP contribution is 2.17. The van der Waals surface area contributed by atoms with Crippen LogP contribution in [-0.2, 0) is 4.79 Å². The van der Waals surface area contributed by atoms with Gasteiger partial charge in [-0.1, -0.05) is 12.1 Å². The second-order valence-corrected chi connectivity index (χ2v) is 3.61. The largest absolute Gasteiger partial charge is 0.326 e. The van der Waals surface area contributed by atoms with Gasteiger partial charge >= 0.3 is 0 Å². The van der Waals surface area contributed by atoms with Gasteiger partial charge in [0.1, 0.15) is 0 Å². The third-order valence-electron chi connectivity index (χ3n) is 2.20. The number of rotatable bonds is 3. The van der Waals surface area contributed by atoms with E-state index >= 15 is 0 Å². The van der Waals surface area contributed by atoms with Crippen LogP contribution < -0.4 is 5.32 Å². The van der Waals surface area contributed by atoms with E-state index in [2.05, 4.69) is 5.32 Å². The van der Waals surface area contributed by atoms with E-state index in [-0.39, 0.29) is 5.91 Å². The van der Waals surface area contributed by atoms with E-state index in [1.165, 1.54) is 5.56 Å². The lowest BCUT2D eigenvalue weighted by Gasteiger charge is -2.09. The van der Waals surface area contributed by atoms with Crippen LogP contribution in [0.15, 0.2) is 18.2 Å². The summed E-state index contributed by atoms with van der Waals surface area (Å²) in [7, 11) is 0. The number of nitrogens with one attached hydrogen (secondary N) is 1. The monoisotopic (exact) mass is 211 g/mol. The number of anilines is 1. The van der Waals surface area contributed by atoms with Crippen molar-refractivity contribution in [2.45, 2.75) is 20.3 Å². The maximum atomic E-state index is 11.3. The Kier molecular flexibility index (Phi) is 3.96. The van der Waals surface area contributed by atoms with Crippen molar-refractivity contribution in [2.75, 3.05) is 11.2 Å². The fraction of sp³-hybridized carbons (Fsp3) is 0.364. The highest BCUT2D eigenvalue weighted by molar-refractivity contribution is 6.19. The normalized spacial score (nSPS) is 9.93. The lowest BCUT2D eigenvalue weighted by Crippen LogP contribution is -2.12. The standard InChI is InChI=1S/C11H14ClNO/c1-8-4-3-5-10(9(8)2)13-11(14)6-7-12/h3-5H,6-7H2,1-2H3,(H,13,14). The Balaban J connectivity index is 2.76. The van der Waals surface area contributed by atoms with Crippen molar-refractivity contribution < 1.29 is 4.79 Å². The number of hydrogen-bond acceptors (Lipinski definition) is 1. The molecule has 0 heterocycles. The molecule has 0 saturated carbocycles. The van der Waals surface area contributed by atoms with Crippen molar-refractivity contribution in [3.05, 3.63) is 29.3 Å². The van der Waals surface area contributed by atoms with Crippen molar-refractivity contribution in [1.82, 2.24) is 0 Å². The smallest absolute Gasteiger partial charge is 0.225 e. The van der Waals surface area contributed by atoms with Gasteiger partial charge in [-0.3, -0.25) is 4.79 Å². The van der Waals surface area contributed by atoms with Crippen LogP contribution in [0.5, 0.6) is 0 Å². The molecule has 0 unspecified atom stereocenters. The summed E-state index contributed by atoms with van der Waals surface area (Å²) in [6.07, 6.45) is 0.356. The first-order valence-electron chi connectivity index (χ1n) is 4.57. The second-order valence-electron chi connectivity index (χ2n) is 3.23. The molecule has 0 radical (unpaired) electrons. The fourth-order valence-electron chi connectivity index (χ4n) is 1.19. The maximum absolute atomic E-state index is 11.3. The number of alkyl halides is 1. The molecule has 0 spiro atoms. The predicted molar refractivity (Wildman–Crippen MR) is 59.9 cm³/mol.